The van der Waals surface area contributed by atoms with E-state index < -0.39 is 81.1 Å². The van der Waals surface area contributed by atoms with Crippen molar-refractivity contribution in [1.82, 2.24) is 4.90 Å². The number of Topliss-reactive ketones (excluding diaryl/α,β-unsaturated/α-hetero) is 2. The molecule has 0 saturated heterocycles. The molecule has 0 aromatic heterocycles. The van der Waals surface area contributed by atoms with Crippen molar-refractivity contribution in [3.05, 3.63) is 46.2 Å². The van der Waals surface area contributed by atoms with Gasteiger partial charge in [-0.2, -0.15) is 0 Å². The summed E-state index contributed by atoms with van der Waals surface area (Å²) in [6.07, 6.45) is -1.87. The first kappa shape index (κ1) is 26.1. The maximum absolute atomic E-state index is 13.7. The number of ketones is 2. The van der Waals surface area contributed by atoms with E-state index in [4.69, 9.17) is 5.73 Å². The van der Waals surface area contributed by atoms with Gasteiger partial charge in [-0.15, -0.1) is 24.0 Å². The van der Waals surface area contributed by atoms with Crippen molar-refractivity contribution < 1.29 is 45.0 Å². The molecule has 0 bridgehead atoms. The number of rotatable bonds is 2. The number of aliphatic hydroxyl groups excluding tert-OH is 3. The van der Waals surface area contributed by atoms with Crippen LogP contribution in [0, 0.1) is 11.8 Å². The summed E-state index contributed by atoms with van der Waals surface area (Å²) in [6.45, 7) is 1.25. The minimum absolute atomic E-state index is 0. The number of nitrogens with two attached hydrogens (primary N) is 1. The smallest absolute Gasteiger partial charge is 0.255 e. The zero-order valence-corrected chi connectivity index (χ0v) is 20.7. The molecule has 1 saturated carbocycles. The molecule has 8 N–H and O–H groups in total. The number of aliphatic hydroxyl groups is 5. The Hall–Kier alpha value is -2.52. The standard InChI is InChI=1S/C22H24N2O9.HI/c1-21(32)7-5-4-6-8(25)9(7)15(26)10-12(21)17(28)13-14(24(2)3)16(27)11(20(23)31)19(30)22(13,33)18(10)29;/h4-6,12-14,17,25-26,28,30,32-33H,1-3H3,(H2,23,31);1H/t12?,13-,14+,17+,21-,22+;/m1./s1. The molecule has 3 aliphatic carbocycles. The Morgan fingerprint density at radius 2 is 1.71 bits per heavy atom. The lowest BCUT2D eigenvalue weighted by atomic mass is 9.53. The van der Waals surface area contributed by atoms with E-state index in [0.29, 0.717) is 0 Å². The summed E-state index contributed by atoms with van der Waals surface area (Å²) in [5, 5.41) is 66.3. The number of hydrogen-bond acceptors (Lipinski definition) is 10. The molecule has 34 heavy (non-hydrogen) atoms. The Morgan fingerprint density at radius 1 is 1.12 bits per heavy atom. The van der Waals surface area contributed by atoms with Gasteiger partial charge in [0.15, 0.2) is 11.4 Å². The van der Waals surface area contributed by atoms with Gasteiger partial charge in [0.25, 0.3) is 5.91 Å². The summed E-state index contributed by atoms with van der Waals surface area (Å²) in [4.78, 5) is 39.9. The highest BCUT2D eigenvalue weighted by Crippen LogP contribution is 2.57. The molecule has 0 aliphatic heterocycles. The number of phenols is 1. The molecule has 184 valence electrons. The number of phenolic OH excluding ortho intramolecular Hbond substituents is 1. The van der Waals surface area contributed by atoms with Crippen LogP contribution >= 0.6 is 24.0 Å². The second-order valence-corrected chi connectivity index (χ2v) is 9.06. The summed E-state index contributed by atoms with van der Waals surface area (Å²) in [7, 11) is 2.80. The average molecular weight is 588 g/mol. The fraction of sp³-hybridized carbons (Fsp3) is 0.409. The predicted molar refractivity (Wildman–Crippen MR) is 127 cm³/mol. The van der Waals surface area contributed by atoms with Crippen molar-refractivity contribution in [2.45, 2.75) is 30.3 Å². The van der Waals surface area contributed by atoms with Gasteiger partial charge >= 0.3 is 0 Å². The zero-order valence-electron chi connectivity index (χ0n) is 18.4. The third-order valence-electron chi connectivity index (χ3n) is 7.03. The summed E-state index contributed by atoms with van der Waals surface area (Å²) < 4.78 is 0. The van der Waals surface area contributed by atoms with E-state index in [1.807, 2.05) is 0 Å². The second kappa shape index (κ2) is 8.02. The normalized spacial score (nSPS) is 34.9. The Bertz CT molecular complexity index is 1190. The Kier molecular flexibility index (Phi) is 6.15. The number of likely N-dealkylation sites (N-methyl/N-ethyl adjacent to an activating group) is 1. The second-order valence-electron chi connectivity index (χ2n) is 9.06. The van der Waals surface area contributed by atoms with Crippen molar-refractivity contribution >= 4 is 47.2 Å². The minimum atomic E-state index is -3.02. The first-order chi connectivity index (χ1) is 15.2. The highest BCUT2D eigenvalue weighted by Gasteiger charge is 2.70. The molecular weight excluding hydrogens is 563 g/mol. The molecule has 0 heterocycles. The summed E-state index contributed by atoms with van der Waals surface area (Å²) in [6, 6.07) is 2.50. The molecule has 1 amide bonds. The van der Waals surface area contributed by atoms with E-state index in [-0.39, 0.29) is 35.1 Å². The molecule has 1 aromatic rings. The van der Waals surface area contributed by atoms with Gasteiger partial charge in [-0.3, -0.25) is 19.3 Å². The van der Waals surface area contributed by atoms with Crippen LogP contribution in [0.15, 0.2) is 35.1 Å². The number of fused-ring (bicyclic) bond motifs is 3. The van der Waals surface area contributed by atoms with Gasteiger partial charge in [-0.05, 0) is 32.6 Å². The molecule has 1 aromatic carbocycles. The number of nitrogens with zero attached hydrogens (tertiary/aromatic N) is 1. The molecule has 1 fully saturated rings. The SMILES string of the molecule is CN(C)[C@@H]1C(=O)C(C(N)=O)=C(O)[C@@]2(O)C(=O)C3=C(O)c4c(O)cccc4[C@@](C)(O)C3[C@H](O)[C@@H]12.I. The van der Waals surface area contributed by atoms with E-state index >= 15 is 0 Å². The number of hydrogen-bond donors (Lipinski definition) is 7. The van der Waals surface area contributed by atoms with Gasteiger partial charge in [0.1, 0.15) is 22.8 Å². The summed E-state index contributed by atoms with van der Waals surface area (Å²) in [5.41, 5.74) is -1.78. The van der Waals surface area contributed by atoms with Gasteiger partial charge in [0.2, 0.25) is 5.78 Å². The monoisotopic (exact) mass is 588 g/mol. The van der Waals surface area contributed by atoms with E-state index in [1.165, 1.54) is 44.1 Å². The lowest BCUT2D eigenvalue weighted by Gasteiger charge is -2.55. The first-order valence-corrected chi connectivity index (χ1v) is 10.1. The van der Waals surface area contributed by atoms with Crippen LogP contribution in [0.4, 0.5) is 0 Å². The maximum atomic E-state index is 13.7. The Morgan fingerprint density at radius 3 is 2.24 bits per heavy atom. The van der Waals surface area contributed by atoms with Crippen LogP contribution in [-0.2, 0) is 20.0 Å². The lowest BCUT2D eigenvalue weighted by molar-refractivity contribution is -0.181. The summed E-state index contributed by atoms with van der Waals surface area (Å²) in [5.74, 6) is -9.67. The molecule has 0 spiro atoms. The van der Waals surface area contributed by atoms with E-state index in [1.54, 1.807) is 0 Å². The van der Waals surface area contributed by atoms with Crippen LogP contribution in [0.3, 0.4) is 0 Å². The lowest BCUT2D eigenvalue weighted by Crippen LogP contribution is -2.71. The molecular formula is C22H25IN2O9. The average Bonchev–Trinajstić information content (AvgIpc) is 2.70. The van der Waals surface area contributed by atoms with Crippen molar-refractivity contribution in [3.8, 4) is 5.75 Å². The van der Waals surface area contributed by atoms with Gasteiger partial charge in [0.05, 0.1) is 40.7 Å². The molecule has 12 heteroatoms. The van der Waals surface area contributed by atoms with Gasteiger partial charge in [-0.25, -0.2) is 0 Å². The number of halogens is 1. The van der Waals surface area contributed by atoms with Crippen LogP contribution in [0.25, 0.3) is 5.76 Å². The van der Waals surface area contributed by atoms with Crippen LogP contribution in [-0.4, -0.2) is 84.9 Å². The van der Waals surface area contributed by atoms with Crippen LogP contribution in [0.5, 0.6) is 5.75 Å². The van der Waals surface area contributed by atoms with Crippen molar-refractivity contribution in [2.75, 3.05) is 14.1 Å². The quantitative estimate of drug-likeness (QED) is 0.170. The number of carbonyl (C=O) groups is 3. The van der Waals surface area contributed by atoms with Gasteiger partial charge < -0.3 is 36.4 Å². The zero-order chi connectivity index (χ0) is 24.8. The number of benzene rings is 1. The third-order valence-corrected chi connectivity index (χ3v) is 7.03. The van der Waals surface area contributed by atoms with Gasteiger partial charge in [-0.1, -0.05) is 12.1 Å². The van der Waals surface area contributed by atoms with E-state index in [0.717, 1.165) is 0 Å². The maximum Gasteiger partial charge on any atom is 0.255 e. The van der Waals surface area contributed by atoms with E-state index in [2.05, 4.69) is 0 Å². The fourth-order valence-electron chi connectivity index (χ4n) is 5.60. The van der Waals surface area contributed by atoms with E-state index in [9.17, 15) is 45.0 Å². The van der Waals surface area contributed by atoms with Crippen molar-refractivity contribution in [2.24, 2.45) is 17.6 Å². The number of carbonyl (C=O) groups excluding carboxylic acids is 3. The third kappa shape index (κ3) is 2.99. The van der Waals surface area contributed by atoms with Crippen molar-refractivity contribution in [1.29, 1.82) is 0 Å². The topological polar surface area (TPSA) is 202 Å². The van der Waals surface area contributed by atoms with Gasteiger partial charge in [0, 0.05) is 0 Å². The van der Waals surface area contributed by atoms with Crippen LogP contribution < -0.4 is 5.73 Å². The molecule has 11 nitrogen and oxygen atoms in total. The Labute approximate surface area is 210 Å². The number of aromatic hydroxyl groups is 1. The van der Waals surface area contributed by atoms with Crippen LogP contribution in [0.2, 0.25) is 0 Å². The number of amides is 1. The molecule has 1 unspecified atom stereocenters. The fourth-order valence-corrected chi connectivity index (χ4v) is 5.60. The molecule has 0 radical (unpaired) electrons. The predicted octanol–water partition coefficient (Wildman–Crippen LogP) is -0.782. The molecule has 4 rings (SSSR count). The Balaban J connectivity index is 0.00000324. The largest absolute Gasteiger partial charge is 0.508 e. The number of primary amides is 1. The highest BCUT2D eigenvalue weighted by atomic mass is 127. The van der Waals surface area contributed by atoms with Crippen molar-refractivity contribution in [3.63, 3.8) is 0 Å². The highest BCUT2D eigenvalue weighted by molar-refractivity contribution is 14.0. The molecule has 6 atom stereocenters. The first-order valence-electron chi connectivity index (χ1n) is 10.1. The molecule has 3 aliphatic rings. The van der Waals surface area contributed by atoms with Crippen LogP contribution in [0.1, 0.15) is 18.1 Å². The summed E-state index contributed by atoms with van der Waals surface area (Å²) >= 11 is 0. The minimum Gasteiger partial charge on any atom is -0.508 e.